The number of carbonyl (C=O) groups excluding carboxylic acids is 1. The highest BCUT2D eigenvalue weighted by molar-refractivity contribution is 6.35. The van der Waals surface area contributed by atoms with Crippen molar-refractivity contribution in [1.82, 2.24) is 0 Å². The summed E-state index contributed by atoms with van der Waals surface area (Å²) < 4.78 is 11.0. The summed E-state index contributed by atoms with van der Waals surface area (Å²) in [5.41, 5.74) is 1.63. The van der Waals surface area contributed by atoms with Gasteiger partial charge in [-0.3, -0.25) is 4.79 Å². The predicted octanol–water partition coefficient (Wildman–Crippen LogP) is 3.84. The first kappa shape index (κ1) is 16.7. The molecule has 0 saturated heterocycles. The van der Waals surface area contributed by atoms with E-state index in [1.165, 1.54) is 0 Å². The number of anilines is 2. The van der Waals surface area contributed by atoms with E-state index < -0.39 is 0 Å². The van der Waals surface area contributed by atoms with Crippen LogP contribution in [0.2, 0.25) is 10.0 Å². The maximum absolute atomic E-state index is 12.1. The van der Waals surface area contributed by atoms with Crippen molar-refractivity contribution in [3.8, 4) is 11.5 Å². The highest BCUT2D eigenvalue weighted by atomic mass is 35.5. The standard InChI is InChI=1S/C17H16Cl2N2O3/c1-21-6-7-23-16-5-3-12(9-14(16)21)20-17(22)10-24-15-4-2-11(18)8-13(15)19/h2-5,8-9H,6-7,10H2,1H3,(H,20,22). The normalized spacial score (nSPS) is 13.0. The second-order valence-corrected chi connectivity index (χ2v) is 6.21. The van der Waals surface area contributed by atoms with Gasteiger partial charge in [0.2, 0.25) is 0 Å². The van der Waals surface area contributed by atoms with Crippen molar-refractivity contribution >= 4 is 40.5 Å². The fourth-order valence-electron chi connectivity index (χ4n) is 2.36. The summed E-state index contributed by atoms with van der Waals surface area (Å²) in [6.45, 7) is 1.32. The number of rotatable bonds is 4. The van der Waals surface area contributed by atoms with Crippen molar-refractivity contribution in [3.05, 3.63) is 46.4 Å². The van der Waals surface area contributed by atoms with Crippen LogP contribution in [0.4, 0.5) is 11.4 Å². The fourth-order valence-corrected chi connectivity index (χ4v) is 2.82. The molecule has 1 aliphatic rings. The predicted molar refractivity (Wildman–Crippen MR) is 95.8 cm³/mol. The zero-order valence-corrected chi connectivity index (χ0v) is 14.5. The minimum absolute atomic E-state index is 0.148. The summed E-state index contributed by atoms with van der Waals surface area (Å²) in [7, 11) is 1.98. The third-order valence-electron chi connectivity index (χ3n) is 3.59. The Morgan fingerprint density at radius 2 is 2.12 bits per heavy atom. The van der Waals surface area contributed by atoms with E-state index in [2.05, 4.69) is 10.2 Å². The smallest absolute Gasteiger partial charge is 0.262 e. The number of nitrogens with zero attached hydrogens (tertiary/aromatic N) is 1. The molecule has 1 N–H and O–H groups in total. The van der Waals surface area contributed by atoms with Crippen LogP contribution in [-0.2, 0) is 4.79 Å². The summed E-state index contributed by atoms with van der Waals surface area (Å²) in [6, 6.07) is 10.4. The average Bonchev–Trinajstić information content (AvgIpc) is 2.55. The van der Waals surface area contributed by atoms with Gasteiger partial charge in [-0.2, -0.15) is 0 Å². The van der Waals surface area contributed by atoms with Crippen LogP contribution in [0.3, 0.4) is 0 Å². The lowest BCUT2D eigenvalue weighted by molar-refractivity contribution is -0.118. The number of amides is 1. The molecule has 1 heterocycles. The quantitative estimate of drug-likeness (QED) is 0.892. The van der Waals surface area contributed by atoms with E-state index in [1.807, 2.05) is 19.2 Å². The Hall–Kier alpha value is -2.11. The van der Waals surface area contributed by atoms with Gasteiger partial charge in [0.1, 0.15) is 18.1 Å². The van der Waals surface area contributed by atoms with E-state index in [-0.39, 0.29) is 12.5 Å². The second-order valence-electron chi connectivity index (χ2n) is 5.36. The molecule has 2 aromatic rings. The van der Waals surface area contributed by atoms with E-state index in [0.717, 1.165) is 18.0 Å². The molecule has 1 aliphatic heterocycles. The molecule has 0 radical (unpaired) electrons. The molecule has 0 bridgehead atoms. The van der Waals surface area contributed by atoms with Crippen LogP contribution in [0.5, 0.6) is 11.5 Å². The number of nitrogens with one attached hydrogen (secondary N) is 1. The molecule has 7 heteroatoms. The highest BCUT2D eigenvalue weighted by Crippen LogP contribution is 2.33. The average molecular weight is 367 g/mol. The van der Waals surface area contributed by atoms with Gasteiger partial charge in [-0.1, -0.05) is 23.2 Å². The van der Waals surface area contributed by atoms with Crippen LogP contribution in [0.1, 0.15) is 0 Å². The zero-order chi connectivity index (χ0) is 17.1. The Morgan fingerprint density at radius 1 is 1.29 bits per heavy atom. The first-order valence-corrected chi connectivity index (χ1v) is 8.14. The van der Waals surface area contributed by atoms with Gasteiger partial charge in [-0.15, -0.1) is 0 Å². The van der Waals surface area contributed by atoms with Crippen LogP contribution in [0.25, 0.3) is 0 Å². The lowest BCUT2D eigenvalue weighted by Crippen LogP contribution is -2.29. The van der Waals surface area contributed by atoms with Gasteiger partial charge in [0.05, 0.1) is 17.3 Å². The summed E-state index contributed by atoms with van der Waals surface area (Å²) in [4.78, 5) is 14.1. The maximum Gasteiger partial charge on any atom is 0.262 e. The first-order chi connectivity index (χ1) is 11.5. The number of hydrogen-bond acceptors (Lipinski definition) is 4. The fraction of sp³-hybridized carbons (Fsp3) is 0.235. The highest BCUT2D eigenvalue weighted by Gasteiger charge is 2.16. The van der Waals surface area contributed by atoms with Gasteiger partial charge in [0.25, 0.3) is 5.91 Å². The molecule has 5 nitrogen and oxygen atoms in total. The van der Waals surface area contributed by atoms with E-state index in [0.29, 0.717) is 28.1 Å². The monoisotopic (exact) mass is 366 g/mol. The van der Waals surface area contributed by atoms with Crippen LogP contribution in [0.15, 0.2) is 36.4 Å². The Kier molecular flexibility index (Phi) is 5.02. The molecule has 0 spiro atoms. The molecule has 1 amide bonds. The van der Waals surface area contributed by atoms with Crippen molar-refractivity contribution in [2.45, 2.75) is 0 Å². The molecule has 3 rings (SSSR count). The van der Waals surface area contributed by atoms with Crippen LogP contribution < -0.4 is 19.7 Å². The largest absolute Gasteiger partial charge is 0.490 e. The van der Waals surface area contributed by atoms with E-state index in [9.17, 15) is 4.79 Å². The molecule has 0 aromatic heterocycles. The topological polar surface area (TPSA) is 50.8 Å². The zero-order valence-electron chi connectivity index (χ0n) is 13.0. The molecular weight excluding hydrogens is 351 g/mol. The molecule has 0 unspecified atom stereocenters. The van der Waals surface area contributed by atoms with E-state index in [4.69, 9.17) is 32.7 Å². The summed E-state index contributed by atoms with van der Waals surface area (Å²) >= 11 is 11.8. The van der Waals surface area contributed by atoms with Crippen LogP contribution >= 0.6 is 23.2 Å². The Labute approximate surface area is 150 Å². The molecule has 126 valence electrons. The van der Waals surface area contributed by atoms with Crippen LogP contribution in [0, 0.1) is 0 Å². The molecule has 0 aliphatic carbocycles. The van der Waals surface area contributed by atoms with E-state index >= 15 is 0 Å². The SMILES string of the molecule is CN1CCOc2ccc(NC(=O)COc3ccc(Cl)cc3Cl)cc21. The van der Waals surface area contributed by atoms with Gasteiger partial charge < -0.3 is 19.7 Å². The molecule has 24 heavy (non-hydrogen) atoms. The molecule has 2 aromatic carbocycles. The third-order valence-corrected chi connectivity index (χ3v) is 4.12. The lowest BCUT2D eigenvalue weighted by atomic mass is 10.2. The Bertz CT molecular complexity index is 767. The van der Waals surface area contributed by atoms with Crippen LogP contribution in [-0.4, -0.2) is 32.7 Å². The third kappa shape index (κ3) is 3.86. The van der Waals surface area contributed by atoms with Crippen molar-refractivity contribution in [1.29, 1.82) is 0 Å². The number of benzene rings is 2. The molecule has 0 fully saturated rings. The summed E-state index contributed by atoms with van der Waals surface area (Å²) in [6.07, 6.45) is 0. The number of fused-ring (bicyclic) bond motifs is 1. The number of likely N-dealkylation sites (N-methyl/N-ethyl adjacent to an activating group) is 1. The molecule has 0 saturated carbocycles. The minimum Gasteiger partial charge on any atom is -0.490 e. The van der Waals surface area contributed by atoms with Gasteiger partial charge >= 0.3 is 0 Å². The first-order valence-electron chi connectivity index (χ1n) is 7.38. The van der Waals surface area contributed by atoms with Crippen molar-refractivity contribution in [2.75, 3.05) is 37.0 Å². The second kappa shape index (κ2) is 7.20. The minimum atomic E-state index is -0.277. The van der Waals surface area contributed by atoms with E-state index in [1.54, 1.807) is 24.3 Å². The van der Waals surface area contributed by atoms with Crippen molar-refractivity contribution in [3.63, 3.8) is 0 Å². The Balaban J connectivity index is 1.62. The van der Waals surface area contributed by atoms with Gasteiger partial charge in [0.15, 0.2) is 6.61 Å². The lowest BCUT2D eigenvalue weighted by Gasteiger charge is -2.28. The number of hydrogen-bond donors (Lipinski definition) is 1. The van der Waals surface area contributed by atoms with Gasteiger partial charge in [-0.25, -0.2) is 0 Å². The number of halogens is 2. The summed E-state index contributed by atoms with van der Waals surface area (Å²) in [5, 5.41) is 3.67. The maximum atomic E-state index is 12.1. The number of ether oxygens (including phenoxy) is 2. The van der Waals surface area contributed by atoms with Crippen molar-refractivity contribution in [2.24, 2.45) is 0 Å². The van der Waals surface area contributed by atoms with Gasteiger partial charge in [-0.05, 0) is 36.4 Å². The van der Waals surface area contributed by atoms with Crippen molar-refractivity contribution < 1.29 is 14.3 Å². The Morgan fingerprint density at radius 3 is 2.92 bits per heavy atom. The molecule has 0 atom stereocenters. The van der Waals surface area contributed by atoms with Gasteiger partial charge in [0, 0.05) is 17.8 Å². The molecular formula is C17H16Cl2N2O3. The summed E-state index contributed by atoms with van der Waals surface area (Å²) in [5.74, 6) is 0.945. The number of carbonyl (C=O) groups is 1.